The first-order valence-corrected chi connectivity index (χ1v) is 7.48. The van der Waals surface area contributed by atoms with Crippen molar-refractivity contribution in [3.8, 4) is 5.75 Å². The lowest BCUT2D eigenvalue weighted by Crippen LogP contribution is -2.35. The topological polar surface area (TPSA) is 52.3 Å². The smallest absolute Gasteiger partial charge is 0.167 e. The van der Waals surface area contributed by atoms with Crippen molar-refractivity contribution in [2.75, 3.05) is 13.7 Å². The molecule has 1 aliphatic carbocycles. The molecule has 1 aromatic rings. The SMILES string of the molecule is COc1ccc(C)cc1C(=O)CC1(CN)CCCCC1. The summed E-state index contributed by atoms with van der Waals surface area (Å²) < 4.78 is 5.33. The number of nitrogens with two attached hydrogens (primary N) is 1. The molecule has 1 aromatic carbocycles. The van der Waals surface area contributed by atoms with Crippen molar-refractivity contribution in [2.24, 2.45) is 11.1 Å². The molecule has 1 fully saturated rings. The molecule has 0 radical (unpaired) electrons. The highest BCUT2D eigenvalue weighted by Gasteiger charge is 2.33. The van der Waals surface area contributed by atoms with E-state index in [-0.39, 0.29) is 11.2 Å². The Morgan fingerprint density at radius 2 is 2.00 bits per heavy atom. The zero-order chi connectivity index (χ0) is 14.6. The van der Waals surface area contributed by atoms with Crippen LogP contribution in [-0.4, -0.2) is 19.4 Å². The van der Waals surface area contributed by atoms with Crippen molar-refractivity contribution in [1.82, 2.24) is 0 Å². The van der Waals surface area contributed by atoms with E-state index in [9.17, 15) is 4.79 Å². The van der Waals surface area contributed by atoms with Gasteiger partial charge in [0.05, 0.1) is 12.7 Å². The summed E-state index contributed by atoms with van der Waals surface area (Å²) in [5.41, 5.74) is 7.77. The summed E-state index contributed by atoms with van der Waals surface area (Å²) in [6.45, 7) is 2.60. The molecule has 0 aliphatic heterocycles. The lowest BCUT2D eigenvalue weighted by molar-refractivity contribution is 0.0865. The Hall–Kier alpha value is -1.35. The predicted molar refractivity (Wildman–Crippen MR) is 81.3 cm³/mol. The van der Waals surface area contributed by atoms with E-state index in [4.69, 9.17) is 10.5 Å². The van der Waals surface area contributed by atoms with Gasteiger partial charge in [-0.1, -0.05) is 30.9 Å². The first-order valence-electron chi connectivity index (χ1n) is 7.48. The minimum Gasteiger partial charge on any atom is -0.496 e. The fourth-order valence-corrected chi connectivity index (χ4v) is 3.23. The molecule has 20 heavy (non-hydrogen) atoms. The summed E-state index contributed by atoms with van der Waals surface area (Å²) in [6.07, 6.45) is 6.34. The quantitative estimate of drug-likeness (QED) is 0.837. The minimum atomic E-state index is 0.00406. The van der Waals surface area contributed by atoms with Crippen LogP contribution < -0.4 is 10.5 Å². The zero-order valence-electron chi connectivity index (χ0n) is 12.6. The average molecular weight is 275 g/mol. The second kappa shape index (κ2) is 6.40. The van der Waals surface area contributed by atoms with Gasteiger partial charge in [0.1, 0.15) is 5.75 Å². The molecule has 1 saturated carbocycles. The van der Waals surface area contributed by atoms with Crippen LogP contribution in [0.4, 0.5) is 0 Å². The van der Waals surface area contributed by atoms with Gasteiger partial charge in [0.15, 0.2) is 5.78 Å². The van der Waals surface area contributed by atoms with Gasteiger partial charge in [-0.3, -0.25) is 4.79 Å². The highest BCUT2D eigenvalue weighted by molar-refractivity contribution is 5.99. The first kappa shape index (κ1) is 15.0. The van der Waals surface area contributed by atoms with Crippen molar-refractivity contribution < 1.29 is 9.53 Å². The monoisotopic (exact) mass is 275 g/mol. The van der Waals surface area contributed by atoms with Crippen molar-refractivity contribution in [2.45, 2.75) is 45.4 Å². The number of carbonyl (C=O) groups is 1. The lowest BCUT2D eigenvalue weighted by atomic mass is 9.70. The van der Waals surface area contributed by atoms with Gasteiger partial charge in [-0.15, -0.1) is 0 Å². The van der Waals surface area contributed by atoms with Gasteiger partial charge in [-0.05, 0) is 43.9 Å². The maximum absolute atomic E-state index is 12.7. The molecule has 0 bridgehead atoms. The zero-order valence-corrected chi connectivity index (χ0v) is 12.6. The number of hydrogen-bond donors (Lipinski definition) is 1. The second-order valence-electron chi connectivity index (χ2n) is 6.07. The highest BCUT2D eigenvalue weighted by atomic mass is 16.5. The molecule has 0 atom stereocenters. The van der Waals surface area contributed by atoms with E-state index in [1.165, 1.54) is 19.3 Å². The first-order chi connectivity index (χ1) is 9.60. The number of Topliss-reactive ketones (excluding diaryl/α,β-unsaturated/α-hetero) is 1. The number of aryl methyl sites for hydroxylation is 1. The van der Waals surface area contributed by atoms with Crippen LogP contribution >= 0.6 is 0 Å². The Kier molecular flexibility index (Phi) is 4.81. The van der Waals surface area contributed by atoms with Crippen LogP contribution in [0.1, 0.15) is 54.4 Å². The van der Waals surface area contributed by atoms with Crippen molar-refractivity contribution in [3.05, 3.63) is 29.3 Å². The van der Waals surface area contributed by atoms with Crippen LogP contribution in [0.25, 0.3) is 0 Å². The summed E-state index contributed by atoms with van der Waals surface area (Å²) in [5, 5.41) is 0. The maximum Gasteiger partial charge on any atom is 0.167 e. The van der Waals surface area contributed by atoms with Gasteiger partial charge >= 0.3 is 0 Å². The van der Waals surface area contributed by atoms with E-state index < -0.39 is 0 Å². The Morgan fingerprint density at radius 3 is 2.60 bits per heavy atom. The maximum atomic E-state index is 12.7. The Morgan fingerprint density at radius 1 is 1.30 bits per heavy atom. The molecule has 0 saturated heterocycles. The number of hydrogen-bond acceptors (Lipinski definition) is 3. The summed E-state index contributed by atoms with van der Waals surface area (Å²) in [5.74, 6) is 0.835. The minimum absolute atomic E-state index is 0.00406. The molecule has 0 heterocycles. The summed E-state index contributed by atoms with van der Waals surface area (Å²) in [6, 6.07) is 5.77. The molecule has 0 unspecified atom stereocenters. The fraction of sp³-hybridized carbons (Fsp3) is 0.588. The third-order valence-electron chi connectivity index (χ3n) is 4.54. The van der Waals surface area contributed by atoms with E-state index in [0.717, 1.165) is 18.4 Å². The van der Waals surface area contributed by atoms with Gasteiger partial charge < -0.3 is 10.5 Å². The summed E-state index contributed by atoms with van der Waals surface area (Å²) in [7, 11) is 1.61. The average Bonchev–Trinajstić information content (AvgIpc) is 2.48. The number of ketones is 1. The van der Waals surface area contributed by atoms with E-state index in [2.05, 4.69) is 0 Å². The summed E-state index contributed by atoms with van der Waals surface area (Å²) >= 11 is 0. The molecule has 1 aliphatic rings. The molecule has 0 spiro atoms. The normalized spacial score (nSPS) is 17.8. The van der Waals surface area contributed by atoms with Gasteiger partial charge in [0, 0.05) is 6.42 Å². The van der Waals surface area contributed by atoms with Gasteiger partial charge in [0.2, 0.25) is 0 Å². The Bertz CT molecular complexity index is 476. The van der Waals surface area contributed by atoms with Crippen molar-refractivity contribution >= 4 is 5.78 Å². The molecule has 3 nitrogen and oxygen atoms in total. The molecular formula is C17H25NO2. The number of methoxy groups -OCH3 is 1. The van der Waals surface area contributed by atoms with Gasteiger partial charge in [0.25, 0.3) is 0 Å². The molecule has 0 amide bonds. The highest BCUT2D eigenvalue weighted by Crippen LogP contribution is 2.40. The molecule has 3 heteroatoms. The van der Waals surface area contributed by atoms with Crippen LogP contribution in [0.3, 0.4) is 0 Å². The lowest BCUT2D eigenvalue weighted by Gasteiger charge is -2.35. The largest absolute Gasteiger partial charge is 0.496 e. The van der Waals surface area contributed by atoms with Gasteiger partial charge in [-0.25, -0.2) is 0 Å². The number of ether oxygens (including phenoxy) is 1. The number of carbonyl (C=O) groups excluding carboxylic acids is 1. The van der Waals surface area contributed by atoms with Crippen molar-refractivity contribution in [3.63, 3.8) is 0 Å². The standard InChI is InChI=1S/C17H25NO2/c1-13-6-7-16(20-2)14(10-13)15(19)11-17(12-18)8-4-3-5-9-17/h6-7,10H,3-5,8-9,11-12,18H2,1-2H3. The van der Waals surface area contributed by atoms with Crippen LogP contribution in [0.5, 0.6) is 5.75 Å². The van der Waals surface area contributed by atoms with Gasteiger partial charge in [-0.2, -0.15) is 0 Å². The van der Waals surface area contributed by atoms with E-state index >= 15 is 0 Å². The fourth-order valence-electron chi connectivity index (χ4n) is 3.23. The molecular weight excluding hydrogens is 250 g/mol. The molecule has 2 rings (SSSR count). The van der Waals surface area contributed by atoms with Crippen molar-refractivity contribution in [1.29, 1.82) is 0 Å². The second-order valence-corrected chi connectivity index (χ2v) is 6.07. The molecule has 2 N–H and O–H groups in total. The Labute approximate surface area is 121 Å². The third-order valence-corrected chi connectivity index (χ3v) is 4.54. The van der Waals surface area contributed by atoms with Crippen LogP contribution in [0, 0.1) is 12.3 Å². The predicted octanol–water partition coefficient (Wildman–Crippen LogP) is 3.49. The number of benzene rings is 1. The number of rotatable bonds is 5. The molecule has 110 valence electrons. The third kappa shape index (κ3) is 3.21. The van der Waals surface area contributed by atoms with Crippen LogP contribution in [0.15, 0.2) is 18.2 Å². The van der Waals surface area contributed by atoms with E-state index in [0.29, 0.717) is 24.3 Å². The Balaban J connectivity index is 2.20. The molecule has 0 aromatic heterocycles. The van der Waals surface area contributed by atoms with Crippen LogP contribution in [0.2, 0.25) is 0 Å². The van der Waals surface area contributed by atoms with Crippen LogP contribution in [-0.2, 0) is 0 Å². The van der Waals surface area contributed by atoms with E-state index in [1.807, 2.05) is 25.1 Å². The van der Waals surface area contributed by atoms with E-state index in [1.54, 1.807) is 7.11 Å². The summed E-state index contributed by atoms with van der Waals surface area (Å²) in [4.78, 5) is 12.7.